The molecule has 1 aliphatic heterocycles. The van der Waals surface area contributed by atoms with Crippen LogP contribution in [-0.4, -0.2) is 31.3 Å². The molecule has 0 amide bonds. The van der Waals surface area contributed by atoms with Crippen molar-refractivity contribution in [2.75, 3.05) is 18.6 Å². The Balaban J connectivity index is 1.84. The first-order valence-corrected chi connectivity index (χ1v) is 11.2. The standard InChI is InChI=1S/C29H29NO3/c1-6-15-30-20(4)27(29(32)22-13-9-19(3)10-14-22)23-16-24(26(33-5)17-25(23)30)28(31)21-11-7-18(2)8-12-21/h6-14,16-17,20,27H,1,15H2,2-5H3. The number of rotatable bonds is 7. The van der Waals surface area contributed by atoms with Crippen LogP contribution in [0.2, 0.25) is 0 Å². The van der Waals surface area contributed by atoms with Gasteiger partial charge >= 0.3 is 0 Å². The Kier molecular flexibility index (Phi) is 6.19. The molecule has 0 N–H and O–H groups in total. The summed E-state index contributed by atoms with van der Waals surface area (Å²) in [5.41, 5.74) is 5.69. The summed E-state index contributed by atoms with van der Waals surface area (Å²) < 4.78 is 5.63. The van der Waals surface area contributed by atoms with Crippen molar-refractivity contribution in [3.05, 3.63) is 107 Å². The third kappa shape index (κ3) is 4.09. The summed E-state index contributed by atoms with van der Waals surface area (Å²) in [7, 11) is 1.57. The van der Waals surface area contributed by atoms with Crippen molar-refractivity contribution in [2.45, 2.75) is 32.7 Å². The Hall–Kier alpha value is -3.66. The zero-order valence-electron chi connectivity index (χ0n) is 19.6. The smallest absolute Gasteiger partial charge is 0.196 e. The van der Waals surface area contributed by atoms with Crippen LogP contribution >= 0.6 is 0 Å². The fraction of sp³-hybridized carbons (Fsp3) is 0.241. The van der Waals surface area contributed by atoms with Gasteiger partial charge in [-0.05, 0) is 32.4 Å². The van der Waals surface area contributed by atoms with E-state index in [1.54, 1.807) is 7.11 Å². The average molecular weight is 440 g/mol. The van der Waals surface area contributed by atoms with E-state index in [4.69, 9.17) is 4.74 Å². The second kappa shape index (κ2) is 9.07. The molecule has 0 saturated heterocycles. The molecular weight excluding hydrogens is 410 g/mol. The fourth-order valence-corrected chi connectivity index (χ4v) is 4.61. The topological polar surface area (TPSA) is 46.6 Å². The number of anilines is 1. The Morgan fingerprint density at radius 3 is 2.09 bits per heavy atom. The number of Topliss-reactive ketones (excluding diaryl/α,β-unsaturated/α-hetero) is 1. The van der Waals surface area contributed by atoms with E-state index in [1.807, 2.05) is 87.5 Å². The number of benzene rings is 3. The van der Waals surface area contributed by atoms with E-state index < -0.39 is 5.92 Å². The summed E-state index contributed by atoms with van der Waals surface area (Å²) in [5.74, 6) is 0.0439. The zero-order chi connectivity index (χ0) is 23.7. The predicted molar refractivity (Wildman–Crippen MR) is 133 cm³/mol. The molecule has 1 heterocycles. The van der Waals surface area contributed by atoms with Crippen molar-refractivity contribution < 1.29 is 14.3 Å². The minimum Gasteiger partial charge on any atom is -0.496 e. The first-order valence-electron chi connectivity index (χ1n) is 11.2. The molecule has 2 atom stereocenters. The number of methoxy groups -OCH3 is 1. The van der Waals surface area contributed by atoms with Crippen molar-refractivity contribution in [2.24, 2.45) is 0 Å². The second-order valence-corrected chi connectivity index (χ2v) is 8.70. The van der Waals surface area contributed by atoms with Gasteiger partial charge in [-0.15, -0.1) is 6.58 Å². The number of ether oxygens (including phenoxy) is 1. The molecule has 0 aromatic heterocycles. The van der Waals surface area contributed by atoms with Crippen LogP contribution in [0.3, 0.4) is 0 Å². The molecule has 4 heteroatoms. The summed E-state index contributed by atoms with van der Waals surface area (Å²) in [6, 6.07) is 18.8. The van der Waals surface area contributed by atoms with E-state index >= 15 is 0 Å². The average Bonchev–Trinajstić information content (AvgIpc) is 3.09. The molecule has 168 valence electrons. The molecule has 4 rings (SSSR count). The van der Waals surface area contributed by atoms with Crippen LogP contribution in [0.1, 0.15) is 55.8 Å². The number of hydrogen-bond acceptors (Lipinski definition) is 4. The van der Waals surface area contributed by atoms with E-state index in [-0.39, 0.29) is 17.6 Å². The number of hydrogen-bond donors (Lipinski definition) is 0. The van der Waals surface area contributed by atoms with Crippen LogP contribution in [0.15, 0.2) is 73.3 Å². The highest BCUT2D eigenvalue weighted by molar-refractivity contribution is 6.12. The van der Waals surface area contributed by atoms with E-state index in [0.717, 1.165) is 22.4 Å². The normalized spacial score (nSPS) is 16.9. The number of aryl methyl sites for hydroxylation is 2. The molecule has 0 spiro atoms. The van der Waals surface area contributed by atoms with Crippen LogP contribution in [0.4, 0.5) is 5.69 Å². The van der Waals surface area contributed by atoms with Gasteiger partial charge < -0.3 is 9.64 Å². The monoisotopic (exact) mass is 439 g/mol. The van der Waals surface area contributed by atoms with Crippen LogP contribution < -0.4 is 9.64 Å². The minimum atomic E-state index is -0.391. The Labute approximate surface area is 195 Å². The van der Waals surface area contributed by atoms with Crippen molar-refractivity contribution in [3.8, 4) is 5.75 Å². The Morgan fingerprint density at radius 1 is 0.970 bits per heavy atom. The fourth-order valence-electron chi connectivity index (χ4n) is 4.61. The molecule has 0 bridgehead atoms. The molecule has 2 unspecified atom stereocenters. The number of carbonyl (C=O) groups excluding carboxylic acids is 2. The van der Waals surface area contributed by atoms with Crippen LogP contribution in [0, 0.1) is 13.8 Å². The van der Waals surface area contributed by atoms with Gasteiger partial charge in [0.15, 0.2) is 11.6 Å². The molecule has 33 heavy (non-hydrogen) atoms. The summed E-state index contributed by atoms with van der Waals surface area (Å²) in [4.78, 5) is 29.2. The Bertz CT molecular complexity index is 1210. The molecule has 3 aromatic carbocycles. The highest BCUT2D eigenvalue weighted by Gasteiger charge is 2.41. The molecule has 3 aromatic rings. The van der Waals surface area contributed by atoms with E-state index in [9.17, 15) is 9.59 Å². The number of carbonyl (C=O) groups is 2. The summed E-state index contributed by atoms with van der Waals surface area (Å²) in [5, 5.41) is 0. The third-order valence-corrected chi connectivity index (χ3v) is 6.47. The van der Waals surface area contributed by atoms with Gasteiger partial charge in [-0.25, -0.2) is 0 Å². The van der Waals surface area contributed by atoms with E-state index in [1.165, 1.54) is 0 Å². The van der Waals surface area contributed by atoms with Crippen molar-refractivity contribution in [3.63, 3.8) is 0 Å². The van der Waals surface area contributed by atoms with E-state index in [0.29, 0.717) is 29.0 Å². The lowest BCUT2D eigenvalue weighted by Gasteiger charge is -2.25. The molecule has 4 nitrogen and oxygen atoms in total. The number of ketones is 2. The quantitative estimate of drug-likeness (QED) is 0.339. The lowest BCUT2D eigenvalue weighted by atomic mass is 9.86. The van der Waals surface area contributed by atoms with Gasteiger partial charge in [-0.2, -0.15) is 0 Å². The largest absolute Gasteiger partial charge is 0.496 e. The van der Waals surface area contributed by atoms with Gasteiger partial charge in [0.25, 0.3) is 0 Å². The van der Waals surface area contributed by atoms with Gasteiger partial charge in [-0.3, -0.25) is 9.59 Å². The minimum absolute atomic E-state index is 0.0502. The maximum Gasteiger partial charge on any atom is 0.196 e. The number of fused-ring (bicyclic) bond motifs is 1. The van der Waals surface area contributed by atoms with Gasteiger partial charge in [0.2, 0.25) is 0 Å². The zero-order valence-corrected chi connectivity index (χ0v) is 19.6. The van der Waals surface area contributed by atoms with E-state index in [2.05, 4.69) is 11.5 Å². The van der Waals surface area contributed by atoms with Gasteiger partial charge in [0.05, 0.1) is 18.6 Å². The lowest BCUT2D eigenvalue weighted by molar-refractivity contribution is 0.0952. The maximum absolute atomic E-state index is 13.7. The molecule has 0 aliphatic carbocycles. The maximum atomic E-state index is 13.7. The molecule has 0 fully saturated rings. The highest BCUT2D eigenvalue weighted by Crippen LogP contribution is 2.45. The van der Waals surface area contributed by atoms with Gasteiger partial charge in [0, 0.05) is 35.5 Å². The first-order chi connectivity index (χ1) is 15.8. The van der Waals surface area contributed by atoms with Gasteiger partial charge in [-0.1, -0.05) is 65.7 Å². The highest BCUT2D eigenvalue weighted by atomic mass is 16.5. The van der Waals surface area contributed by atoms with Crippen LogP contribution in [-0.2, 0) is 0 Å². The van der Waals surface area contributed by atoms with Crippen LogP contribution in [0.25, 0.3) is 0 Å². The SMILES string of the molecule is C=CCN1c2cc(OC)c(C(=O)c3ccc(C)cc3)cc2C(C(=O)c2ccc(C)cc2)C1C. The van der Waals surface area contributed by atoms with Crippen molar-refractivity contribution >= 4 is 17.3 Å². The molecule has 0 radical (unpaired) electrons. The summed E-state index contributed by atoms with van der Waals surface area (Å²) >= 11 is 0. The van der Waals surface area contributed by atoms with Gasteiger partial charge in [0.1, 0.15) is 5.75 Å². The summed E-state index contributed by atoms with van der Waals surface area (Å²) in [6.45, 7) is 10.5. The molecule has 0 saturated carbocycles. The van der Waals surface area contributed by atoms with Crippen LogP contribution in [0.5, 0.6) is 5.75 Å². The summed E-state index contributed by atoms with van der Waals surface area (Å²) in [6.07, 6.45) is 1.83. The third-order valence-electron chi connectivity index (χ3n) is 6.47. The van der Waals surface area contributed by atoms with Crippen molar-refractivity contribution in [1.82, 2.24) is 0 Å². The second-order valence-electron chi connectivity index (χ2n) is 8.70. The molecular formula is C29H29NO3. The molecule has 1 aliphatic rings. The Morgan fingerprint density at radius 2 is 1.55 bits per heavy atom. The lowest BCUT2D eigenvalue weighted by Crippen LogP contribution is -2.34. The van der Waals surface area contributed by atoms with Crippen molar-refractivity contribution in [1.29, 1.82) is 0 Å². The first kappa shape index (κ1) is 22.5. The number of nitrogens with zero attached hydrogens (tertiary/aromatic N) is 1. The predicted octanol–water partition coefficient (Wildman–Crippen LogP) is 5.90.